The van der Waals surface area contributed by atoms with Gasteiger partial charge in [-0.05, 0) is 61.9 Å². The van der Waals surface area contributed by atoms with Gasteiger partial charge >= 0.3 is 0 Å². The lowest BCUT2D eigenvalue weighted by Gasteiger charge is -2.23. The Bertz CT molecular complexity index is 1470. The van der Waals surface area contributed by atoms with E-state index in [-0.39, 0.29) is 29.4 Å². The van der Waals surface area contributed by atoms with E-state index in [0.29, 0.717) is 29.7 Å². The van der Waals surface area contributed by atoms with Gasteiger partial charge in [0.15, 0.2) is 0 Å². The third-order valence-corrected chi connectivity index (χ3v) is 9.08. The SMILES string of the molecule is COc1ccc(-n2nc(-c3ccc(Cl)cc3)c3c2N(CC(=O)NCCN(C)C)C(=O)CSC3c2cccs2)cc1. The summed E-state index contributed by atoms with van der Waals surface area (Å²) in [6, 6.07) is 19.1. The summed E-state index contributed by atoms with van der Waals surface area (Å²) >= 11 is 9.42. The Morgan fingerprint density at radius 3 is 2.55 bits per heavy atom. The number of rotatable bonds is 9. The van der Waals surface area contributed by atoms with Gasteiger partial charge in [0.1, 0.15) is 18.1 Å². The van der Waals surface area contributed by atoms with Gasteiger partial charge in [-0.3, -0.25) is 14.5 Å². The normalized spacial score (nSPS) is 15.2. The van der Waals surface area contributed by atoms with Crippen LogP contribution in [0.5, 0.6) is 5.75 Å². The van der Waals surface area contributed by atoms with Crippen LogP contribution < -0.4 is 15.0 Å². The molecule has 8 nitrogen and oxygen atoms in total. The quantitative estimate of drug-likeness (QED) is 0.290. The molecule has 208 valence electrons. The number of hydrogen-bond acceptors (Lipinski definition) is 7. The zero-order valence-electron chi connectivity index (χ0n) is 22.5. The van der Waals surface area contributed by atoms with E-state index in [4.69, 9.17) is 21.4 Å². The molecule has 40 heavy (non-hydrogen) atoms. The first-order chi connectivity index (χ1) is 19.4. The topological polar surface area (TPSA) is 79.7 Å². The minimum absolute atomic E-state index is 0.112. The molecule has 0 spiro atoms. The summed E-state index contributed by atoms with van der Waals surface area (Å²) in [4.78, 5) is 31.5. The zero-order chi connectivity index (χ0) is 28.2. The van der Waals surface area contributed by atoms with Crippen LogP contribution in [0.4, 0.5) is 5.82 Å². The smallest absolute Gasteiger partial charge is 0.240 e. The fourth-order valence-corrected chi connectivity index (χ4v) is 6.83. The zero-order valence-corrected chi connectivity index (χ0v) is 24.9. The highest BCUT2D eigenvalue weighted by Gasteiger charge is 2.38. The number of anilines is 1. The Balaban J connectivity index is 1.70. The Morgan fingerprint density at radius 1 is 1.15 bits per heavy atom. The minimum atomic E-state index is -0.226. The number of nitrogens with zero attached hydrogens (tertiary/aromatic N) is 4. The van der Waals surface area contributed by atoms with E-state index < -0.39 is 0 Å². The molecule has 4 aromatic rings. The lowest BCUT2D eigenvalue weighted by atomic mass is 10.0. The average Bonchev–Trinajstić information content (AvgIpc) is 3.59. The number of carbonyl (C=O) groups is 2. The molecule has 1 atom stereocenters. The molecule has 5 rings (SSSR count). The highest BCUT2D eigenvalue weighted by atomic mass is 35.5. The van der Waals surface area contributed by atoms with Gasteiger partial charge in [0.2, 0.25) is 11.8 Å². The number of methoxy groups -OCH3 is 1. The molecular weight excluding hydrogens is 566 g/mol. The molecule has 1 N–H and O–H groups in total. The molecule has 0 aliphatic carbocycles. The van der Waals surface area contributed by atoms with Crippen LogP contribution in [0.3, 0.4) is 0 Å². The second-order valence-corrected chi connectivity index (χ2v) is 12.1. The Morgan fingerprint density at radius 2 is 1.90 bits per heavy atom. The Kier molecular flexibility index (Phi) is 8.80. The average molecular weight is 596 g/mol. The first-order valence-corrected chi connectivity index (χ1v) is 15.1. The second-order valence-electron chi connectivity index (χ2n) is 9.54. The Labute approximate surface area is 246 Å². The number of amides is 2. The number of thioether (sulfide) groups is 1. The molecule has 2 aromatic carbocycles. The largest absolute Gasteiger partial charge is 0.497 e. The number of hydrogen-bond donors (Lipinski definition) is 1. The number of halogens is 1. The molecule has 11 heteroatoms. The van der Waals surface area contributed by atoms with Gasteiger partial charge in [0.05, 0.1) is 29.5 Å². The number of thiophene rings is 1. The molecule has 2 amide bonds. The lowest BCUT2D eigenvalue weighted by Crippen LogP contribution is -2.43. The van der Waals surface area contributed by atoms with E-state index in [0.717, 1.165) is 27.4 Å². The fraction of sp³-hybridized carbons (Fsp3) is 0.276. The first-order valence-electron chi connectivity index (χ1n) is 12.8. The molecule has 1 unspecified atom stereocenters. The van der Waals surface area contributed by atoms with E-state index in [1.165, 1.54) is 0 Å². The molecule has 3 heterocycles. The van der Waals surface area contributed by atoms with Crippen LogP contribution in [0.2, 0.25) is 5.02 Å². The summed E-state index contributed by atoms with van der Waals surface area (Å²) in [7, 11) is 5.51. The molecule has 1 aliphatic heterocycles. The van der Waals surface area contributed by atoms with E-state index in [1.54, 1.807) is 39.8 Å². The van der Waals surface area contributed by atoms with Gasteiger partial charge in [-0.1, -0.05) is 29.8 Å². The van der Waals surface area contributed by atoms with Crippen molar-refractivity contribution in [3.8, 4) is 22.7 Å². The van der Waals surface area contributed by atoms with Gasteiger partial charge < -0.3 is 15.0 Å². The minimum Gasteiger partial charge on any atom is -0.497 e. The maximum Gasteiger partial charge on any atom is 0.240 e. The molecule has 0 fully saturated rings. The van der Waals surface area contributed by atoms with Crippen molar-refractivity contribution in [2.75, 3.05) is 51.5 Å². The number of aromatic nitrogens is 2. The molecule has 2 aromatic heterocycles. The van der Waals surface area contributed by atoms with Crippen molar-refractivity contribution in [3.05, 3.63) is 81.5 Å². The number of nitrogens with one attached hydrogen (secondary N) is 1. The molecule has 0 bridgehead atoms. The van der Waals surface area contributed by atoms with Gasteiger partial charge in [-0.15, -0.1) is 23.1 Å². The van der Waals surface area contributed by atoms with Crippen molar-refractivity contribution in [1.29, 1.82) is 0 Å². The van der Waals surface area contributed by atoms with Crippen molar-refractivity contribution in [3.63, 3.8) is 0 Å². The maximum absolute atomic E-state index is 13.7. The Hall–Kier alpha value is -3.31. The lowest BCUT2D eigenvalue weighted by molar-refractivity contribution is -0.122. The van der Waals surface area contributed by atoms with E-state index >= 15 is 0 Å². The van der Waals surface area contributed by atoms with Crippen LogP contribution in [-0.2, 0) is 9.59 Å². The molecule has 0 saturated heterocycles. The first kappa shape index (κ1) is 28.2. The predicted octanol–water partition coefficient (Wildman–Crippen LogP) is 5.11. The van der Waals surface area contributed by atoms with Crippen molar-refractivity contribution in [2.45, 2.75) is 5.25 Å². The van der Waals surface area contributed by atoms with E-state index in [1.807, 2.05) is 79.0 Å². The van der Waals surface area contributed by atoms with Crippen molar-refractivity contribution in [1.82, 2.24) is 20.0 Å². The summed E-state index contributed by atoms with van der Waals surface area (Å²) in [5, 5.41) is 10.5. The molecule has 1 aliphatic rings. The van der Waals surface area contributed by atoms with Crippen molar-refractivity contribution in [2.24, 2.45) is 0 Å². The second kappa shape index (κ2) is 12.5. The van der Waals surface area contributed by atoms with Gasteiger partial charge in [0, 0.05) is 34.1 Å². The van der Waals surface area contributed by atoms with Crippen molar-refractivity contribution < 1.29 is 14.3 Å². The van der Waals surface area contributed by atoms with Crippen LogP contribution in [0.25, 0.3) is 16.9 Å². The monoisotopic (exact) mass is 595 g/mol. The summed E-state index contributed by atoms with van der Waals surface area (Å²) in [5.41, 5.74) is 3.25. The number of fused-ring (bicyclic) bond motifs is 1. The summed E-state index contributed by atoms with van der Waals surface area (Å²) < 4.78 is 7.14. The molecular formula is C29H30ClN5O3S2. The number of carbonyl (C=O) groups excluding carboxylic acids is 2. The highest BCUT2D eigenvalue weighted by molar-refractivity contribution is 8.00. The van der Waals surface area contributed by atoms with Crippen LogP contribution in [-0.4, -0.2) is 73.1 Å². The third kappa shape index (κ3) is 6.05. The van der Waals surface area contributed by atoms with Gasteiger partial charge in [-0.2, -0.15) is 5.10 Å². The summed E-state index contributed by atoms with van der Waals surface area (Å²) in [5.74, 6) is 1.15. The van der Waals surface area contributed by atoms with Crippen LogP contribution >= 0.6 is 34.7 Å². The number of likely N-dealkylation sites (N-methyl/N-ethyl adjacent to an activating group) is 1. The third-order valence-electron chi connectivity index (χ3n) is 6.51. The van der Waals surface area contributed by atoms with Crippen molar-refractivity contribution >= 4 is 52.3 Å². The molecule has 0 radical (unpaired) electrons. The fourth-order valence-electron chi connectivity index (χ4n) is 4.53. The maximum atomic E-state index is 13.7. The van der Waals surface area contributed by atoms with Crippen LogP contribution in [0.15, 0.2) is 66.0 Å². The highest BCUT2D eigenvalue weighted by Crippen LogP contribution is 2.49. The van der Waals surface area contributed by atoms with Crippen LogP contribution in [0.1, 0.15) is 15.7 Å². The predicted molar refractivity (Wildman–Crippen MR) is 163 cm³/mol. The van der Waals surface area contributed by atoms with Crippen LogP contribution in [0, 0.1) is 0 Å². The summed E-state index contributed by atoms with van der Waals surface area (Å²) in [6.45, 7) is 1.08. The number of ether oxygens (including phenoxy) is 1. The summed E-state index contributed by atoms with van der Waals surface area (Å²) in [6.07, 6.45) is 0. The molecule has 0 saturated carbocycles. The van der Waals surface area contributed by atoms with E-state index in [9.17, 15) is 9.59 Å². The van der Waals surface area contributed by atoms with Gasteiger partial charge in [0.25, 0.3) is 0 Å². The van der Waals surface area contributed by atoms with Gasteiger partial charge in [-0.25, -0.2) is 4.68 Å². The number of benzene rings is 2. The standard InChI is InChI=1S/C29H30ClN5O3S2/c1-33(2)15-14-31-24(36)17-34-25(37)18-40-28(23-5-4-16-39-23)26-27(19-6-8-20(30)9-7-19)32-35(29(26)34)21-10-12-22(38-3)13-11-21/h4-13,16,28H,14-15,17-18H2,1-3H3,(H,31,36). The van der Waals surface area contributed by atoms with E-state index in [2.05, 4.69) is 11.4 Å².